The minimum absolute atomic E-state index is 0.376. The number of hydrogen-bond acceptors (Lipinski definition) is 5. The zero-order valence-corrected chi connectivity index (χ0v) is 9.46. The van der Waals surface area contributed by atoms with Gasteiger partial charge in [-0.25, -0.2) is 9.97 Å². The van der Waals surface area contributed by atoms with Crippen LogP contribution in [-0.2, 0) is 0 Å². The second-order valence-electron chi connectivity index (χ2n) is 3.29. The maximum atomic E-state index is 5.52. The Morgan fingerprint density at radius 1 is 1.12 bits per heavy atom. The Morgan fingerprint density at radius 3 is 2.47 bits per heavy atom. The quantitative estimate of drug-likeness (QED) is 0.873. The number of nitrogens with two attached hydrogens (primary N) is 1. The lowest BCUT2D eigenvalue weighted by Gasteiger charge is -2.06. The van der Waals surface area contributed by atoms with Crippen molar-refractivity contribution in [2.24, 2.45) is 0 Å². The van der Waals surface area contributed by atoms with Crippen molar-refractivity contribution in [1.82, 2.24) is 9.97 Å². The molecule has 0 radical (unpaired) electrons. The van der Waals surface area contributed by atoms with Gasteiger partial charge in [0.1, 0.15) is 23.6 Å². The smallest absolute Gasteiger partial charge is 0.224 e. The van der Waals surface area contributed by atoms with Crippen molar-refractivity contribution >= 4 is 5.82 Å². The van der Waals surface area contributed by atoms with Gasteiger partial charge in [-0.15, -0.1) is 0 Å². The zero-order valence-electron chi connectivity index (χ0n) is 9.46. The molecule has 0 aliphatic rings. The summed E-state index contributed by atoms with van der Waals surface area (Å²) in [5.41, 5.74) is 5.52. The summed E-state index contributed by atoms with van der Waals surface area (Å²) in [4.78, 5) is 7.74. The molecule has 0 aliphatic carbocycles. The van der Waals surface area contributed by atoms with Crippen LogP contribution in [0.2, 0.25) is 0 Å². The molecule has 17 heavy (non-hydrogen) atoms. The highest BCUT2D eigenvalue weighted by Gasteiger charge is 2.00. The minimum atomic E-state index is 0.376. The van der Waals surface area contributed by atoms with Crippen LogP contribution in [0.1, 0.15) is 6.92 Å². The van der Waals surface area contributed by atoms with Crippen LogP contribution in [0, 0.1) is 0 Å². The molecule has 5 nitrogen and oxygen atoms in total. The van der Waals surface area contributed by atoms with Crippen LogP contribution in [0.25, 0.3) is 0 Å². The van der Waals surface area contributed by atoms with Gasteiger partial charge in [-0.05, 0) is 31.2 Å². The van der Waals surface area contributed by atoms with Crippen molar-refractivity contribution in [2.75, 3.05) is 12.3 Å². The Bertz CT molecular complexity index is 485. The highest BCUT2D eigenvalue weighted by molar-refractivity contribution is 5.36. The van der Waals surface area contributed by atoms with Gasteiger partial charge in [-0.1, -0.05) is 0 Å². The topological polar surface area (TPSA) is 70.3 Å². The van der Waals surface area contributed by atoms with Crippen LogP contribution in [0.15, 0.2) is 36.7 Å². The fourth-order valence-electron chi connectivity index (χ4n) is 1.30. The third-order valence-electron chi connectivity index (χ3n) is 2.02. The van der Waals surface area contributed by atoms with Gasteiger partial charge in [-0.3, -0.25) is 0 Å². The van der Waals surface area contributed by atoms with E-state index in [9.17, 15) is 0 Å². The first-order valence-corrected chi connectivity index (χ1v) is 5.26. The molecule has 2 aromatic rings. The number of anilines is 1. The second kappa shape index (κ2) is 5.16. The molecular formula is C12H13N3O2. The maximum absolute atomic E-state index is 5.52. The lowest BCUT2D eigenvalue weighted by atomic mass is 10.3. The SMILES string of the molecule is CCOc1ccc(Oc2cc(N)ncn2)cc1. The number of aromatic nitrogens is 2. The highest BCUT2D eigenvalue weighted by Crippen LogP contribution is 2.22. The molecule has 0 bridgehead atoms. The average molecular weight is 231 g/mol. The van der Waals surface area contributed by atoms with Crippen LogP contribution >= 0.6 is 0 Å². The fourth-order valence-corrected chi connectivity index (χ4v) is 1.30. The predicted molar refractivity (Wildman–Crippen MR) is 64.1 cm³/mol. The van der Waals surface area contributed by atoms with E-state index in [-0.39, 0.29) is 0 Å². The van der Waals surface area contributed by atoms with E-state index in [1.54, 1.807) is 6.07 Å². The molecule has 1 aromatic carbocycles. The lowest BCUT2D eigenvalue weighted by molar-refractivity contribution is 0.339. The predicted octanol–water partition coefficient (Wildman–Crippen LogP) is 2.25. The molecule has 0 saturated heterocycles. The minimum Gasteiger partial charge on any atom is -0.494 e. The number of rotatable bonds is 4. The van der Waals surface area contributed by atoms with E-state index in [0.29, 0.717) is 24.1 Å². The van der Waals surface area contributed by atoms with Gasteiger partial charge in [0.2, 0.25) is 5.88 Å². The summed E-state index contributed by atoms with van der Waals surface area (Å²) in [6.07, 6.45) is 1.36. The molecule has 1 heterocycles. The molecule has 2 N–H and O–H groups in total. The molecule has 0 atom stereocenters. The third kappa shape index (κ3) is 3.07. The van der Waals surface area contributed by atoms with Crippen LogP contribution in [0.5, 0.6) is 17.4 Å². The molecule has 0 spiro atoms. The summed E-state index contributed by atoms with van der Waals surface area (Å²) in [6.45, 7) is 2.58. The van der Waals surface area contributed by atoms with E-state index in [1.165, 1.54) is 6.33 Å². The molecular weight excluding hydrogens is 218 g/mol. The number of ether oxygens (including phenoxy) is 2. The van der Waals surface area contributed by atoms with Crippen molar-refractivity contribution in [2.45, 2.75) is 6.92 Å². The van der Waals surface area contributed by atoms with Crippen molar-refractivity contribution in [3.63, 3.8) is 0 Å². The van der Waals surface area contributed by atoms with Gasteiger partial charge < -0.3 is 15.2 Å². The standard InChI is InChI=1S/C12H13N3O2/c1-2-16-9-3-5-10(6-4-9)17-12-7-11(13)14-8-15-12/h3-8H,2H2,1H3,(H2,13,14,15). The van der Waals surface area contributed by atoms with Gasteiger partial charge in [-0.2, -0.15) is 0 Å². The summed E-state index contributed by atoms with van der Waals surface area (Å²) >= 11 is 0. The first-order chi connectivity index (χ1) is 8.28. The van der Waals surface area contributed by atoms with Gasteiger partial charge in [0.25, 0.3) is 0 Å². The van der Waals surface area contributed by atoms with E-state index >= 15 is 0 Å². The Kier molecular flexibility index (Phi) is 3.40. The van der Waals surface area contributed by atoms with Gasteiger partial charge in [0.05, 0.1) is 6.61 Å². The van der Waals surface area contributed by atoms with E-state index in [2.05, 4.69) is 9.97 Å². The highest BCUT2D eigenvalue weighted by atomic mass is 16.5. The zero-order chi connectivity index (χ0) is 12.1. The summed E-state index contributed by atoms with van der Waals surface area (Å²) in [6, 6.07) is 8.86. The van der Waals surface area contributed by atoms with Crippen molar-refractivity contribution in [3.05, 3.63) is 36.7 Å². The summed E-state index contributed by atoms with van der Waals surface area (Å²) in [7, 11) is 0. The molecule has 5 heteroatoms. The molecule has 2 rings (SSSR count). The Balaban J connectivity index is 2.08. The van der Waals surface area contributed by atoms with Crippen molar-refractivity contribution < 1.29 is 9.47 Å². The normalized spacial score (nSPS) is 9.94. The van der Waals surface area contributed by atoms with Gasteiger partial charge in [0, 0.05) is 6.07 Å². The maximum Gasteiger partial charge on any atom is 0.224 e. The Hall–Kier alpha value is -2.30. The first kappa shape index (κ1) is 11.2. The fraction of sp³-hybridized carbons (Fsp3) is 0.167. The van der Waals surface area contributed by atoms with E-state index in [4.69, 9.17) is 15.2 Å². The number of benzene rings is 1. The van der Waals surface area contributed by atoms with Crippen LogP contribution in [0.4, 0.5) is 5.82 Å². The lowest BCUT2D eigenvalue weighted by Crippen LogP contribution is -1.94. The van der Waals surface area contributed by atoms with Crippen LogP contribution in [-0.4, -0.2) is 16.6 Å². The van der Waals surface area contributed by atoms with Gasteiger partial charge >= 0.3 is 0 Å². The summed E-state index contributed by atoms with van der Waals surface area (Å²) < 4.78 is 10.8. The molecule has 88 valence electrons. The molecule has 0 amide bonds. The van der Waals surface area contributed by atoms with Gasteiger partial charge in [0.15, 0.2) is 0 Å². The Morgan fingerprint density at radius 2 is 1.82 bits per heavy atom. The first-order valence-electron chi connectivity index (χ1n) is 5.26. The number of hydrogen-bond donors (Lipinski definition) is 1. The molecule has 1 aromatic heterocycles. The second-order valence-corrected chi connectivity index (χ2v) is 3.29. The third-order valence-corrected chi connectivity index (χ3v) is 2.02. The number of nitrogen functional groups attached to an aromatic ring is 1. The largest absolute Gasteiger partial charge is 0.494 e. The Labute approximate surface area is 99.2 Å². The molecule has 0 unspecified atom stereocenters. The van der Waals surface area contributed by atoms with Crippen molar-refractivity contribution in [3.8, 4) is 17.4 Å². The van der Waals surface area contributed by atoms with Crippen LogP contribution < -0.4 is 15.2 Å². The molecule has 0 saturated carbocycles. The average Bonchev–Trinajstić information content (AvgIpc) is 2.32. The molecule has 0 aliphatic heterocycles. The number of nitrogens with zero attached hydrogens (tertiary/aromatic N) is 2. The summed E-state index contributed by atoms with van der Waals surface area (Å²) in [5, 5.41) is 0. The van der Waals surface area contributed by atoms with E-state index in [0.717, 1.165) is 5.75 Å². The van der Waals surface area contributed by atoms with Crippen molar-refractivity contribution in [1.29, 1.82) is 0 Å². The monoisotopic (exact) mass is 231 g/mol. The van der Waals surface area contributed by atoms with E-state index in [1.807, 2.05) is 31.2 Å². The molecule has 0 fully saturated rings. The van der Waals surface area contributed by atoms with Crippen LogP contribution in [0.3, 0.4) is 0 Å². The van der Waals surface area contributed by atoms with E-state index < -0.39 is 0 Å². The summed E-state index contributed by atoms with van der Waals surface area (Å²) in [5.74, 6) is 2.27.